The number of methoxy groups -OCH3 is 2. The van der Waals surface area contributed by atoms with E-state index in [9.17, 15) is 4.39 Å². The summed E-state index contributed by atoms with van der Waals surface area (Å²) in [5.74, 6) is 0.243. The lowest BCUT2D eigenvalue weighted by Gasteiger charge is -2.18. The predicted octanol–water partition coefficient (Wildman–Crippen LogP) is 6.97. The van der Waals surface area contributed by atoms with Crippen molar-refractivity contribution >= 4 is 45.9 Å². The molecule has 3 rings (SSSR count). The molecule has 0 saturated carbocycles. The summed E-state index contributed by atoms with van der Waals surface area (Å²) in [7, 11) is 3.04. The average molecular weight is 490 g/mol. The molecule has 33 heavy (non-hydrogen) atoms. The van der Waals surface area contributed by atoms with E-state index in [1.807, 2.05) is 38.1 Å². The van der Waals surface area contributed by atoms with Gasteiger partial charge in [-0.05, 0) is 41.7 Å². The van der Waals surface area contributed by atoms with Crippen molar-refractivity contribution in [1.29, 1.82) is 5.41 Å². The average Bonchev–Trinajstić information content (AvgIpc) is 2.78. The second-order valence-electron chi connectivity index (χ2n) is 7.90. The molecule has 1 heterocycles. The van der Waals surface area contributed by atoms with E-state index in [2.05, 4.69) is 9.98 Å². The molecule has 3 aromatic rings. The van der Waals surface area contributed by atoms with Gasteiger partial charge in [-0.1, -0.05) is 55.2 Å². The van der Waals surface area contributed by atoms with Crippen LogP contribution in [0.3, 0.4) is 0 Å². The van der Waals surface area contributed by atoms with Gasteiger partial charge in [-0.25, -0.2) is 9.38 Å². The number of aliphatic imine (C=N–C) groups is 1. The van der Waals surface area contributed by atoms with Crippen LogP contribution in [0.1, 0.15) is 25.8 Å². The number of aryl methyl sites for hydroxylation is 1. The van der Waals surface area contributed by atoms with E-state index in [-0.39, 0.29) is 21.9 Å². The van der Waals surface area contributed by atoms with E-state index in [4.69, 9.17) is 38.1 Å². The van der Waals surface area contributed by atoms with Crippen LogP contribution < -0.4 is 0 Å². The summed E-state index contributed by atoms with van der Waals surface area (Å²) >= 11 is 12.7. The third-order valence-corrected chi connectivity index (χ3v) is 5.97. The molecule has 1 atom stereocenters. The molecule has 8 heteroatoms. The van der Waals surface area contributed by atoms with Crippen LogP contribution in [-0.4, -0.2) is 37.0 Å². The van der Waals surface area contributed by atoms with Crippen LogP contribution in [0.2, 0.25) is 10.0 Å². The molecular formula is C25H26Cl2FN3O2. The lowest BCUT2D eigenvalue weighted by Crippen LogP contribution is -2.27. The van der Waals surface area contributed by atoms with Gasteiger partial charge in [-0.2, -0.15) is 0 Å². The maximum atomic E-state index is 13.7. The number of hydrogen-bond acceptors (Lipinski definition) is 5. The number of ether oxygens (including phenoxy) is 2. The highest BCUT2D eigenvalue weighted by molar-refractivity contribution is 6.39. The summed E-state index contributed by atoms with van der Waals surface area (Å²) < 4.78 is 24.3. The highest BCUT2D eigenvalue weighted by Gasteiger charge is 2.21. The molecule has 1 N–H and O–H groups in total. The fourth-order valence-electron chi connectivity index (χ4n) is 3.70. The maximum absolute atomic E-state index is 13.7. The molecule has 0 saturated heterocycles. The van der Waals surface area contributed by atoms with Crippen LogP contribution in [0.15, 0.2) is 47.6 Å². The number of aromatic nitrogens is 1. The van der Waals surface area contributed by atoms with Gasteiger partial charge in [0, 0.05) is 23.6 Å². The van der Waals surface area contributed by atoms with Crippen molar-refractivity contribution in [3.05, 3.63) is 64.0 Å². The molecule has 0 amide bonds. The molecule has 0 aliphatic carbocycles. The zero-order valence-corrected chi connectivity index (χ0v) is 20.5. The van der Waals surface area contributed by atoms with E-state index in [1.54, 1.807) is 13.3 Å². The zero-order valence-electron chi connectivity index (χ0n) is 19.0. The predicted molar refractivity (Wildman–Crippen MR) is 133 cm³/mol. The molecule has 0 radical (unpaired) electrons. The Hall–Kier alpha value is -2.70. The van der Waals surface area contributed by atoms with Crippen molar-refractivity contribution in [3.8, 4) is 11.1 Å². The summed E-state index contributed by atoms with van der Waals surface area (Å²) in [5.41, 5.74) is 3.15. The summed E-state index contributed by atoms with van der Waals surface area (Å²) in [6.07, 6.45) is 2.87. The van der Waals surface area contributed by atoms with Crippen molar-refractivity contribution in [1.82, 2.24) is 4.98 Å². The molecule has 0 spiro atoms. The van der Waals surface area contributed by atoms with E-state index >= 15 is 0 Å². The second kappa shape index (κ2) is 10.9. The van der Waals surface area contributed by atoms with Crippen molar-refractivity contribution in [3.63, 3.8) is 0 Å². The summed E-state index contributed by atoms with van der Waals surface area (Å²) in [4.78, 5) is 9.19. The van der Waals surface area contributed by atoms with Crippen molar-refractivity contribution in [2.45, 2.75) is 32.7 Å². The SMILES string of the molecule is COC(=N)[C@H](N=C(CCc1ccc(-c2c(Cl)cc(F)cc2Cl)c2cccnc12)OC)C(C)C. The molecule has 1 aromatic heterocycles. The molecule has 0 bridgehead atoms. The highest BCUT2D eigenvalue weighted by Crippen LogP contribution is 2.39. The van der Waals surface area contributed by atoms with Crippen LogP contribution in [0.25, 0.3) is 22.0 Å². The van der Waals surface area contributed by atoms with Crippen LogP contribution in [0.5, 0.6) is 0 Å². The van der Waals surface area contributed by atoms with Crippen molar-refractivity contribution in [2.24, 2.45) is 10.9 Å². The van der Waals surface area contributed by atoms with Gasteiger partial charge in [0.1, 0.15) is 11.9 Å². The van der Waals surface area contributed by atoms with Gasteiger partial charge < -0.3 is 9.47 Å². The Morgan fingerprint density at radius 3 is 2.42 bits per heavy atom. The lowest BCUT2D eigenvalue weighted by atomic mass is 9.96. The first-order valence-electron chi connectivity index (χ1n) is 10.5. The normalized spacial score (nSPS) is 12.8. The largest absolute Gasteiger partial charge is 0.484 e. The van der Waals surface area contributed by atoms with Gasteiger partial charge in [0.05, 0.1) is 29.8 Å². The highest BCUT2D eigenvalue weighted by atomic mass is 35.5. The van der Waals surface area contributed by atoms with Gasteiger partial charge in [0.15, 0.2) is 5.90 Å². The fourth-order valence-corrected chi connectivity index (χ4v) is 4.36. The third kappa shape index (κ3) is 5.63. The summed E-state index contributed by atoms with van der Waals surface area (Å²) in [6, 6.07) is 9.76. The summed E-state index contributed by atoms with van der Waals surface area (Å²) in [5, 5.41) is 9.36. The van der Waals surface area contributed by atoms with Crippen molar-refractivity contribution < 1.29 is 13.9 Å². The minimum absolute atomic E-state index is 0.0922. The number of rotatable bonds is 7. The Morgan fingerprint density at radius 2 is 1.82 bits per heavy atom. The Bertz CT molecular complexity index is 1170. The van der Waals surface area contributed by atoms with Crippen LogP contribution in [0, 0.1) is 17.1 Å². The zero-order chi connectivity index (χ0) is 24.1. The molecule has 0 aliphatic rings. The van der Waals surface area contributed by atoms with E-state index in [0.717, 1.165) is 22.0 Å². The van der Waals surface area contributed by atoms with Crippen LogP contribution >= 0.6 is 23.2 Å². The molecular weight excluding hydrogens is 464 g/mol. The summed E-state index contributed by atoms with van der Waals surface area (Å²) in [6.45, 7) is 3.97. The monoisotopic (exact) mass is 489 g/mol. The number of halogens is 3. The first-order chi connectivity index (χ1) is 15.8. The number of fused-ring (bicyclic) bond motifs is 1. The van der Waals surface area contributed by atoms with Gasteiger partial charge in [-0.15, -0.1) is 0 Å². The molecule has 0 fully saturated rings. The Labute approximate surface area is 203 Å². The number of hydrogen-bond donors (Lipinski definition) is 1. The van der Waals surface area contributed by atoms with Crippen LogP contribution in [0.4, 0.5) is 4.39 Å². The first kappa shape index (κ1) is 24.9. The maximum Gasteiger partial charge on any atom is 0.206 e. The Kier molecular flexibility index (Phi) is 8.27. The van der Waals surface area contributed by atoms with Gasteiger partial charge in [-0.3, -0.25) is 10.4 Å². The Morgan fingerprint density at radius 1 is 1.12 bits per heavy atom. The minimum atomic E-state index is -0.486. The topological polar surface area (TPSA) is 67.6 Å². The molecule has 0 aliphatic heterocycles. The van der Waals surface area contributed by atoms with E-state index < -0.39 is 11.9 Å². The number of pyridine rings is 1. The number of nitrogens with zero attached hydrogens (tertiary/aromatic N) is 2. The third-order valence-electron chi connectivity index (χ3n) is 5.38. The van der Waals surface area contributed by atoms with Gasteiger partial charge in [0.25, 0.3) is 0 Å². The van der Waals surface area contributed by atoms with E-state index in [0.29, 0.717) is 24.3 Å². The first-order valence-corrected chi connectivity index (χ1v) is 11.3. The van der Waals surface area contributed by atoms with Gasteiger partial charge in [0.2, 0.25) is 5.90 Å². The standard InChI is InChI=1S/C25H26Cl2FN3O2/c1-14(2)23(25(29)33-4)31-21(32-3)10-8-15-7-9-17(18-6-5-11-30-24(15)18)22-19(26)12-16(28)13-20(22)27/h5-7,9,11-14,23,29H,8,10H2,1-4H3/t23-/m1/s1. The molecule has 0 unspecified atom stereocenters. The number of benzene rings is 2. The Balaban J connectivity index is 1.97. The minimum Gasteiger partial charge on any atom is -0.484 e. The molecule has 5 nitrogen and oxygen atoms in total. The van der Waals surface area contributed by atoms with Crippen molar-refractivity contribution in [2.75, 3.05) is 14.2 Å². The number of nitrogens with one attached hydrogen (secondary N) is 1. The van der Waals surface area contributed by atoms with Gasteiger partial charge >= 0.3 is 0 Å². The smallest absolute Gasteiger partial charge is 0.206 e. The second-order valence-corrected chi connectivity index (χ2v) is 8.71. The van der Waals surface area contributed by atoms with Crippen LogP contribution in [-0.2, 0) is 15.9 Å². The molecule has 2 aromatic carbocycles. The fraction of sp³-hybridized carbons (Fsp3) is 0.320. The molecule has 174 valence electrons. The quantitative estimate of drug-likeness (QED) is 0.287. The van der Waals surface area contributed by atoms with E-state index in [1.165, 1.54) is 19.2 Å². The lowest BCUT2D eigenvalue weighted by molar-refractivity contribution is 0.350.